The quantitative estimate of drug-likeness (QED) is 0.706. The number of amides is 1. The van der Waals surface area contributed by atoms with Gasteiger partial charge in [0.1, 0.15) is 6.33 Å². The van der Waals surface area contributed by atoms with E-state index in [1.165, 1.54) is 11.5 Å². The van der Waals surface area contributed by atoms with Crippen molar-refractivity contribution < 1.29 is 4.79 Å². The van der Waals surface area contributed by atoms with Gasteiger partial charge in [0, 0.05) is 54.1 Å². The first-order chi connectivity index (χ1) is 11.8. The maximum Gasteiger partial charge on any atom is 0.275 e. The fourth-order valence-corrected chi connectivity index (χ4v) is 3.34. The molecule has 7 nitrogen and oxygen atoms in total. The zero-order valence-electron chi connectivity index (χ0n) is 12.8. The third-order valence-corrected chi connectivity index (χ3v) is 4.61. The number of hydrogen-bond donors (Lipinski definition) is 0. The molecule has 8 heteroatoms. The van der Waals surface area contributed by atoms with Crippen LogP contribution in [0.5, 0.6) is 0 Å². The van der Waals surface area contributed by atoms with E-state index in [-0.39, 0.29) is 5.91 Å². The molecule has 0 unspecified atom stereocenters. The molecule has 0 fully saturated rings. The lowest BCUT2D eigenvalue weighted by molar-refractivity contribution is 0.0757. The van der Waals surface area contributed by atoms with Crippen molar-refractivity contribution in [1.82, 2.24) is 29.4 Å². The maximum absolute atomic E-state index is 12.5. The van der Waals surface area contributed by atoms with Crippen LogP contribution in [0.15, 0.2) is 36.2 Å². The predicted octanol–water partition coefficient (Wildman–Crippen LogP) is 1.63. The molecule has 0 saturated heterocycles. The molecule has 24 heavy (non-hydrogen) atoms. The SMILES string of the molecule is O=C(c1csnn1)N1CCc2ncnc(-c3ccncc3)c2CC1. The summed E-state index contributed by atoms with van der Waals surface area (Å²) in [6.07, 6.45) is 6.53. The van der Waals surface area contributed by atoms with Crippen LogP contribution in [0.25, 0.3) is 11.3 Å². The number of rotatable bonds is 2. The molecule has 0 aliphatic carbocycles. The van der Waals surface area contributed by atoms with Crippen LogP contribution < -0.4 is 0 Å². The van der Waals surface area contributed by atoms with Gasteiger partial charge in [-0.1, -0.05) is 4.49 Å². The third kappa shape index (κ3) is 2.76. The smallest absolute Gasteiger partial charge is 0.275 e. The minimum atomic E-state index is -0.0741. The summed E-state index contributed by atoms with van der Waals surface area (Å²) in [7, 11) is 0. The Morgan fingerprint density at radius 3 is 2.75 bits per heavy atom. The van der Waals surface area contributed by atoms with Gasteiger partial charge in [0.05, 0.1) is 5.69 Å². The van der Waals surface area contributed by atoms with Crippen molar-refractivity contribution in [2.75, 3.05) is 13.1 Å². The molecule has 1 aliphatic rings. The molecule has 1 aliphatic heterocycles. The second-order valence-corrected chi connectivity index (χ2v) is 6.08. The monoisotopic (exact) mass is 338 g/mol. The Kier molecular flexibility index (Phi) is 3.96. The summed E-state index contributed by atoms with van der Waals surface area (Å²) in [4.78, 5) is 27.3. The van der Waals surface area contributed by atoms with Crippen molar-refractivity contribution in [3.8, 4) is 11.3 Å². The number of aromatic nitrogens is 5. The van der Waals surface area contributed by atoms with Gasteiger partial charge in [-0.3, -0.25) is 9.78 Å². The van der Waals surface area contributed by atoms with E-state index in [0.29, 0.717) is 25.2 Å². The van der Waals surface area contributed by atoms with Gasteiger partial charge in [-0.15, -0.1) is 5.10 Å². The molecule has 4 rings (SSSR count). The summed E-state index contributed by atoms with van der Waals surface area (Å²) in [6, 6.07) is 3.88. The topological polar surface area (TPSA) is 84.8 Å². The third-order valence-electron chi connectivity index (χ3n) is 4.10. The molecule has 120 valence electrons. The Hall–Kier alpha value is -2.74. The minimum absolute atomic E-state index is 0.0741. The van der Waals surface area contributed by atoms with Gasteiger partial charge >= 0.3 is 0 Å². The molecule has 0 N–H and O–H groups in total. The average molecular weight is 338 g/mol. The van der Waals surface area contributed by atoms with Crippen molar-refractivity contribution >= 4 is 17.4 Å². The molecule has 3 aromatic heterocycles. The minimum Gasteiger partial charge on any atom is -0.337 e. The van der Waals surface area contributed by atoms with Crippen LogP contribution in [0, 0.1) is 0 Å². The van der Waals surface area contributed by atoms with Crippen LogP contribution in [0.1, 0.15) is 21.7 Å². The largest absolute Gasteiger partial charge is 0.337 e. The number of nitrogens with zero attached hydrogens (tertiary/aromatic N) is 6. The molecule has 0 radical (unpaired) electrons. The molecule has 0 aromatic carbocycles. The Morgan fingerprint density at radius 1 is 1.12 bits per heavy atom. The molecule has 0 atom stereocenters. The first-order valence-corrected chi connectivity index (χ1v) is 8.46. The van der Waals surface area contributed by atoms with Crippen molar-refractivity contribution in [2.45, 2.75) is 12.8 Å². The lowest BCUT2D eigenvalue weighted by Crippen LogP contribution is -2.33. The Morgan fingerprint density at radius 2 is 1.96 bits per heavy atom. The second kappa shape index (κ2) is 6.40. The zero-order valence-corrected chi connectivity index (χ0v) is 13.6. The van der Waals surface area contributed by atoms with Gasteiger partial charge in [0.2, 0.25) is 0 Å². The van der Waals surface area contributed by atoms with Crippen LogP contribution >= 0.6 is 11.5 Å². The van der Waals surface area contributed by atoms with E-state index >= 15 is 0 Å². The van der Waals surface area contributed by atoms with E-state index in [1.807, 2.05) is 17.0 Å². The summed E-state index contributed by atoms with van der Waals surface area (Å²) in [5.74, 6) is -0.0741. The van der Waals surface area contributed by atoms with E-state index in [4.69, 9.17) is 0 Å². The van der Waals surface area contributed by atoms with Gasteiger partial charge < -0.3 is 4.90 Å². The van der Waals surface area contributed by atoms with Gasteiger partial charge in [-0.05, 0) is 30.1 Å². The molecular formula is C16H14N6OS. The highest BCUT2D eigenvalue weighted by atomic mass is 32.1. The molecule has 4 heterocycles. The van der Waals surface area contributed by atoms with Gasteiger partial charge in [-0.25, -0.2) is 9.97 Å². The summed E-state index contributed by atoms with van der Waals surface area (Å²) in [5, 5.41) is 5.56. The van der Waals surface area contributed by atoms with E-state index in [9.17, 15) is 4.79 Å². The van der Waals surface area contributed by atoms with Gasteiger partial charge in [0.15, 0.2) is 5.69 Å². The normalized spacial score (nSPS) is 14.1. The van der Waals surface area contributed by atoms with Crippen LogP contribution in [0.4, 0.5) is 0 Å². The summed E-state index contributed by atoms with van der Waals surface area (Å²) >= 11 is 1.19. The first-order valence-electron chi connectivity index (χ1n) is 7.62. The molecule has 0 saturated carbocycles. The standard InChI is InChI=1S/C16H14N6OS/c23-16(14-9-24-21-20-14)22-7-3-12-13(4-8-22)18-10-19-15(12)11-1-5-17-6-2-11/h1-2,5-6,9-10H,3-4,7-8H2. The molecular weight excluding hydrogens is 324 g/mol. The second-order valence-electron chi connectivity index (χ2n) is 5.47. The van der Waals surface area contributed by atoms with Crippen LogP contribution in [0.3, 0.4) is 0 Å². The van der Waals surface area contributed by atoms with Gasteiger partial charge in [0.25, 0.3) is 5.91 Å². The van der Waals surface area contributed by atoms with Crippen molar-refractivity contribution in [3.63, 3.8) is 0 Å². The number of hydrogen-bond acceptors (Lipinski definition) is 7. The number of fused-ring (bicyclic) bond motifs is 1. The molecule has 0 bridgehead atoms. The highest BCUT2D eigenvalue weighted by Crippen LogP contribution is 2.25. The summed E-state index contributed by atoms with van der Waals surface area (Å²) in [5.41, 5.74) is 4.46. The van der Waals surface area contributed by atoms with E-state index in [2.05, 4.69) is 24.5 Å². The highest BCUT2D eigenvalue weighted by molar-refractivity contribution is 7.03. The Labute approximate surface area is 142 Å². The lowest BCUT2D eigenvalue weighted by Gasteiger charge is -2.18. The number of carbonyl (C=O) groups is 1. The first kappa shape index (κ1) is 14.8. The fourth-order valence-electron chi connectivity index (χ4n) is 2.91. The fraction of sp³-hybridized carbons (Fsp3) is 0.250. The predicted molar refractivity (Wildman–Crippen MR) is 88.5 cm³/mol. The highest BCUT2D eigenvalue weighted by Gasteiger charge is 2.24. The zero-order chi connectivity index (χ0) is 16.4. The lowest BCUT2D eigenvalue weighted by atomic mass is 10.0. The van der Waals surface area contributed by atoms with Crippen molar-refractivity contribution in [1.29, 1.82) is 0 Å². The average Bonchev–Trinajstić information content (AvgIpc) is 3.08. The number of pyridine rings is 1. The van der Waals surface area contributed by atoms with Crippen molar-refractivity contribution in [3.05, 3.63) is 53.2 Å². The Balaban J connectivity index is 1.63. The van der Waals surface area contributed by atoms with E-state index in [1.54, 1.807) is 24.1 Å². The maximum atomic E-state index is 12.5. The van der Waals surface area contributed by atoms with Crippen LogP contribution in [0.2, 0.25) is 0 Å². The molecule has 0 spiro atoms. The number of carbonyl (C=O) groups excluding carboxylic acids is 1. The van der Waals surface area contributed by atoms with E-state index < -0.39 is 0 Å². The van der Waals surface area contributed by atoms with E-state index in [0.717, 1.165) is 28.9 Å². The van der Waals surface area contributed by atoms with Gasteiger partial charge in [-0.2, -0.15) is 0 Å². The summed E-state index contributed by atoms with van der Waals surface area (Å²) in [6.45, 7) is 1.24. The molecule has 1 amide bonds. The summed E-state index contributed by atoms with van der Waals surface area (Å²) < 4.78 is 3.77. The molecule has 3 aromatic rings. The Bertz CT molecular complexity index is 852. The van der Waals surface area contributed by atoms with Crippen molar-refractivity contribution in [2.24, 2.45) is 0 Å². The van der Waals surface area contributed by atoms with Crippen LogP contribution in [-0.4, -0.2) is 48.4 Å². The van der Waals surface area contributed by atoms with Crippen LogP contribution in [-0.2, 0) is 12.8 Å².